The smallest absolute Gasteiger partial charge is 0.117 e. The predicted octanol–water partition coefficient (Wildman–Crippen LogP) is 6.06. The average molecular weight is 458 g/mol. The minimum absolute atomic E-state index is 0.120. The topological polar surface area (TPSA) is 43.7 Å². The SMILES string of the molecule is CC(C)(C)c1ccc([C@H](O)CCN2CCC(C(O)(c3ccccc3)c3ccccc3)CC2)cc1. The molecule has 0 spiro atoms. The third-order valence-corrected chi connectivity index (χ3v) is 7.49. The molecule has 0 aliphatic carbocycles. The summed E-state index contributed by atoms with van der Waals surface area (Å²) in [6.45, 7) is 9.35. The van der Waals surface area contributed by atoms with Gasteiger partial charge in [0, 0.05) is 6.54 Å². The molecule has 180 valence electrons. The van der Waals surface area contributed by atoms with Crippen molar-refractivity contribution in [3.8, 4) is 0 Å². The van der Waals surface area contributed by atoms with E-state index in [0.29, 0.717) is 0 Å². The molecule has 0 unspecified atom stereocenters. The van der Waals surface area contributed by atoms with Crippen LogP contribution in [0.25, 0.3) is 0 Å². The highest BCUT2D eigenvalue weighted by molar-refractivity contribution is 5.37. The van der Waals surface area contributed by atoms with Gasteiger partial charge in [0.05, 0.1) is 6.10 Å². The first kappa shape index (κ1) is 24.7. The molecule has 0 saturated carbocycles. The van der Waals surface area contributed by atoms with Crippen LogP contribution in [-0.2, 0) is 11.0 Å². The van der Waals surface area contributed by atoms with E-state index in [0.717, 1.165) is 55.6 Å². The van der Waals surface area contributed by atoms with Crippen LogP contribution in [0.2, 0.25) is 0 Å². The third-order valence-electron chi connectivity index (χ3n) is 7.49. The van der Waals surface area contributed by atoms with Crippen LogP contribution >= 0.6 is 0 Å². The summed E-state index contributed by atoms with van der Waals surface area (Å²) >= 11 is 0. The molecule has 0 bridgehead atoms. The monoisotopic (exact) mass is 457 g/mol. The van der Waals surface area contributed by atoms with Crippen LogP contribution in [0.5, 0.6) is 0 Å². The number of piperidine rings is 1. The Morgan fingerprint density at radius 3 is 1.74 bits per heavy atom. The molecule has 1 atom stereocenters. The van der Waals surface area contributed by atoms with E-state index in [-0.39, 0.29) is 11.3 Å². The van der Waals surface area contributed by atoms with Crippen molar-refractivity contribution >= 4 is 0 Å². The van der Waals surface area contributed by atoms with Crippen LogP contribution in [0.15, 0.2) is 84.9 Å². The molecule has 3 heteroatoms. The van der Waals surface area contributed by atoms with E-state index in [9.17, 15) is 10.2 Å². The van der Waals surface area contributed by atoms with Crippen molar-refractivity contribution in [1.29, 1.82) is 0 Å². The molecule has 0 radical (unpaired) electrons. The fourth-order valence-corrected chi connectivity index (χ4v) is 5.27. The second-order valence-electron chi connectivity index (χ2n) is 10.8. The Labute approximate surface area is 205 Å². The zero-order valence-electron chi connectivity index (χ0n) is 20.8. The number of likely N-dealkylation sites (tertiary alicyclic amines) is 1. The van der Waals surface area contributed by atoms with Crippen LogP contribution < -0.4 is 0 Å². The number of hydrogen-bond acceptors (Lipinski definition) is 3. The molecule has 4 rings (SSSR count). The molecule has 3 nitrogen and oxygen atoms in total. The molecule has 0 amide bonds. The van der Waals surface area contributed by atoms with E-state index in [2.05, 4.69) is 49.9 Å². The van der Waals surface area contributed by atoms with Gasteiger partial charge >= 0.3 is 0 Å². The fourth-order valence-electron chi connectivity index (χ4n) is 5.27. The minimum Gasteiger partial charge on any atom is -0.388 e. The van der Waals surface area contributed by atoms with Gasteiger partial charge < -0.3 is 15.1 Å². The first-order valence-electron chi connectivity index (χ1n) is 12.6. The standard InChI is InChI=1S/C31H39NO2/c1-30(2,3)25-16-14-24(15-17-25)29(33)20-23-32-21-18-28(19-22-32)31(34,26-10-6-4-7-11-26)27-12-8-5-9-13-27/h4-17,28-29,33-34H,18-23H2,1-3H3/t29-/m1/s1. The lowest BCUT2D eigenvalue weighted by atomic mass is 9.72. The normalized spacial score (nSPS) is 17.0. The predicted molar refractivity (Wildman–Crippen MR) is 140 cm³/mol. The van der Waals surface area contributed by atoms with Crippen molar-refractivity contribution < 1.29 is 10.2 Å². The van der Waals surface area contributed by atoms with Gasteiger partial charge in [-0.15, -0.1) is 0 Å². The average Bonchev–Trinajstić information content (AvgIpc) is 2.87. The summed E-state index contributed by atoms with van der Waals surface area (Å²) in [6, 6.07) is 28.6. The van der Waals surface area contributed by atoms with Gasteiger partial charge in [0.2, 0.25) is 0 Å². The van der Waals surface area contributed by atoms with Crippen molar-refractivity contribution in [1.82, 2.24) is 4.90 Å². The first-order valence-corrected chi connectivity index (χ1v) is 12.6. The number of aliphatic hydroxyl groups excluding tert-OH is 1. The highest BCUT2D eigenvalue weighted by Gasteiger charge is 2.41. The summed E-state index contributed by atoms with van der Waals surface area (Å²) in [5.74, 6) is 0.156. The maximum atomic E-state index is 12.1. The molecule has 3 aromatic carbocycles. The van der Waals surface area contributed by atoms with Crippen LogP contribution in [0, 0.1) is 5.92 Å². The van der Waals surface area contributed by atoms with Gasteiger partial charge in [-0.3, -0.25) is 0 Å². The minimum atomic E-state index is -0.983. The molecule has 0 aromatic heterocycles. The van der Waals surface area contributed by atoms with Gasteiger partial charge in [-0.25, -0.2) is 0 Å². The largest absolute Gasteiger partial charge is 0.388 e. The summed E-state index contributed by atoms with van der Waals surface area (Å²) in [5, 5.41) is 22.8. The summed E-state index contributed by atoms with van der Waals surface area (Å²) in [5.41, 5.74) is 3.35. The Kier molecular flexibility index (Phi) is 7.57. The Morgan fingerprint density at radius 1 is 0.765 bits per heavy atom. The second kappa shape index (κ2) is 10.4. The van der Waals surface area contributed by atoms with Gasteiger partial charge in [0.15, 0.2) is 0 Å². The van der Waals surface area contributed by atoms with E-state index < -0.39 is 11.7 Å². The molecule has 34 heavy (non-hydrogen) atoms. The van der Waals surface area contributed by atoms with E-state index in [1.165, 1.54) is 5.56 Å². The van der Waals surface area contributed by atoms with Crippen LogP contribution in [0.4, 0.5) is 0 Å². The van der Waals surface area contributed by atoms with E-state index in [1.54, 1.807) is 0 Å². The molecule has 1 aliphatic heterocycles. The van der Waals surface area contributed by atoms with Crippen LogP contribution in [-0.4, -0.2) is 34.7 Å². The highest BCUT2D eigenvalue weighted by Crippen LogP contribution is 2.42. The van der Waals surface area contributed by atoms with Gasteiger partial charge in [-0.1, -0.05) is 106 Å². The Balaban J connectivity index is 1.37. The Hall–Kier alpha value is -2.46. The first-order chi connectivity index (χ1) is 16.3. The lowest BCUT2D eigenvalue weighted by Crippen LogP contribution is -2.44. The number of nitrogens with zero attached hydrogens (tertiary/aromatic N) is 1. The third kappa shape index (κ3) is 5.43. The van der Waals surface area contributed by atoms with Crippen molar-refractivity contribution in [3.05, 3.63) is 107 Å². The molecular formula is C31H39NO2. The van der Waals surface area contributed by atoms with Crippen molar-refractivity contribution in [2.24, 2.45) is 5.92 Å². The number of benzene rings is 3. The Bertz CT molecular complexity index is 977. The van der Waals surface area contributed by atoms with Crippen molar-refractivity contribution in [3.63, 3.8) is 0 Å². The molecule has 1 aliphatic rings. The summed E-state index contributed by atoms with van der Waals surface area (Å²) in [4.78, 5) is 2.43. The van der Waals surface area contributed by atoms with E-state index in [1.807, 2.05) is 60.7 Å². The Morgan fingerprint density at radius 2 is 1.26 bits per heavy atom. The van der Waals surface area contributed by atoms with E-state index in [4.69, 9.17) is 0 Å². The molecule has 1 fully saturated rings. The number of aliphatic hydroxyl groups is 2. The molecule has 1 saturated heterocycles. The molecular weight excluding hydrogens is 418 g/mol. The van der Waals surface area contributed by atoms with Crippen molar-refractivity contribution in [2.75, 3.05) is 19.6 Å². The van der Waals surface area contributed by atoms with Crippen LogP contribution in [0.1, 0.15) is 68.4 Å². The maximum absolute atomic E-state index is 12.1. The summed E-state index contributed by atoms with van der Waals surface area (Å²) in [7, 11) is 0. The number of rotatable bonds is 7. The van der Waals surface area contributed by atoms with Gasteiger partial charge in [-0.05, 0) is 65.9 Å². The van der Waals surface area contributed by atoms with Gasteiger partial charge in [0.25, 0.3) is 0 Å². The zero-order chi connectivity index (χ0) is 24.2. The molecule has 1 heterocycles. The van der Waals surface area contributed by atoms with Crippen LogP contribution in [0.3, 0.4) is 0 Å². The fraction of sp³-hybridized carbons (Fsp3) is 0.419. The number of hydrogen-bond donors (Lipinski definition) is 2. The lowest BCUT2D eigenvalue weighted by molar-refractivity contribution is -0.0157. The van der Waals surface area contributed by atoms with Gasteiger partial charge in [-0.2, -0.15) is 0 Å². The second-order valence-corrected chi connectivity index (χ2v) is 10.8. The lowest BCUT2D eigenvalue weighted by Gasteiger charge is -2.42. The quantitative estimate of drug-likeness (QED) is 0.453. The maximum Gasteiger partial charge on any atom is 0.117 e. The summed E-state index contributed by atoms with van der Waals surface area (Å²) in [6.07, 6.45) is 2.13. The van der Waals surface area contributed by atoms with Gasteiger partial charge in [0.1, 0.15) is 5.60 Å². The molecule has 3 aromatic rings. The van der Waals surface area contributed by atoms with Crippen molar-refractivity contribution in [2.45, 2.75) is 57.2 Å². The molecule has 2 N–H and O–H groups in total. The van der Waals surface area contributed by atoms with E-state index >= 15 is 0 Å². The highest BCUT2D eigenvalue weighted by atomic mass is 16.3. The summed E-state index contributed by atoms with van der Waals surface area (Å²) < 4.78 is 0. The zero-order valence-corrected chi connectivity index (χ0v) is 20.8.